The Kier molecular flexibility index (Phi) is 2.73. The average molecular weight is 174 g/mol. The van der Waals surface area contributed by atoms with E-state index < -0.39 is 0 Å². The number of nitrogens with zero attached hydrogens (tertiary/aromatic N) is 2. The third-order valence-electron chi connectivity index (χ3n) is 1.47. The van der Waals surface area contributed by atoms with Crippen LogP contribution in [0.5, 0.6) is 11.5 Å². The average Bonchev–Trinajstić information content (AvgIpc) is 2.10. The molecular formula is C9H6N2O2. The SMILES string of the molecule is Cc1cc(OC#N)ccc1OC#N. The Bertz CT molecular complexity index is 388. The summed E-state index contributed by atoms with van der Waals surface area (Å²) < 4.78 is 9.22. The fourth-order valence-corrected chi connectivity index (χ4v) is 0.902. The van der Waals surface area contributed by atoms with Crippen LogP contribution in [0, 0.1) is 30.0 Å². The monoisotopic (exact) mass is 174 g/mol. The van der Waals surface area contributed by atoms with Gasteiger partial charge in [-0.25, -0.2) is 0 Å². The van der Waals surface area contributed by atoms with Crippen molar-refractivity contribution in [3.05, 3.63) is 23.8 Å². The second kappa shape index (κ2) is 3.99. The second-order valence-corrected chi connectivity index (χ2v) is 2.31. The van der Waals surface area contributed by atoms with Crippen molar-refractivity contribution in [1.82, 2.24) is 0 Å². The van der Waals surface area contributed by atoms with E-state index in [1.54, 1.807) is 37.6 Å². The molecule has 1 aromatic rings. The highest BCUT2D eigenvalue weighted by molar-refractivity contribution is 5.40. The lowest BCUT2D eigenvalue weighted by Gasteiger charge is -2.01. The Morgan fingerprint density at radius 1 is 1.15 bits per heavy atom. The van der Waals surface area contributed by atoms with Crippen molar-refractivity contribution in [2.45, 2.75) is 6.92 Å². The van der Waals surface area contributed by atoms with Gasteiger partial charge < -0.3 is 9.47 Å². The molecule has 0 unspecified atom stereocenters. The van der Waals surface area contributed by atoms with Crippen molar-refractivity contribution in [2.75, 3.05) is 0 Å². The van der Waals surface area contributed by atoms with Crippen molar-refractivity contribution in [1.29, 1.82) is 10.5 Å². The number of hydrogen-bond donors (Lipinski definition) is 0. The fraction of sp³-hybridized carbons (Fsp3) is 0.111. The van der Waals surface area contributed by atoms with Crippen LogP contribution < -0.4 is 9.47 Å². The maximum Gasteiger partial charge on any atom is 0.292 e. The highest BCUT2D eigenvalue weighted by atomic mass is 16.5. The number of benzene rings is 1. The van der Waals surface area contributed by atoms with E-state index in [1.807, 2.05) is 0 Å². The zero-order chi connectivity index (χ0) is 9.68. The summed E-state index contributed by atoms with van der Waals surface area (Å²) in [6, 6.07) is 4.75. The molecule has 1 rings (SSSR count). The fourth-order valence-electron chi connectivity index (χ4n) is 0.902. The molecule has 0 heterocycles. The van der Waals surface area contributed by atoms with Crippen LogP contribution in [-0.4, -0.2) is 0 Å². The normalized spacial score (nSPS) is 8.23. The zero-order valence-electron chi connectivity index (χ0n) is 6.94. The van der Waals surface area contributed by atoms with Crippen LogP contribution in [0.4, 0.5) is 0 Å². The van der Waals surface area contributed by atoms with E-state index in [2.05, 4.69) is 9.47 Å². The Labute approximate surface area is 75.5 Å². The maximum atomic E-state index is 8.26. The quantitative estimate of drug-likeness (QED) is 0.640. The molecule has 0 atom stereocenters. The van der Waals surface area contributed by atoms with Gasteiger partial charge in [-0.15, -0.1) is 10.5 Å². The topological polar surface area (TPSA) is 66.0 Å². The predicted molar refractivity (Wildman–Crippen MR) is 43.7 cm³/mol. The van der Waals surface area contributed by atoms with Crippen molar-refractivity contribution >= 4 is 0 Å². The van der Waals surface area contributed by atoms with Crippen molar-refractivity contribution < 1.29 is 9.47 Å². The minimum absolute atomic E-state index is 0.435. The van der Waals surface area contributed by atoms with Gasteiger partial charge in [-0.1, -0.05) is 0 Å². The standard InChI is InChI=1S/C9H6N2O2/c1-7-4-8(12-5-10)2-3-9(7)13-6-11/h2-4H,1H3. The van der Waals surface area contributed by atoms with Gasteiger partial charge >= 0.3 is 0 Å². The van der Waals surface area contributed by atoms with E-state index in [-0.39, 0.29) is 0 Å². The summed E-state index contributed by atoms with van der Waals surface area (Å²) in [6.07, 6.45) is 3.13. The molecule has 0 spiro atoms. The van der Waals surface area contributed by atoms with Gasteiger partial charge in [0, 0.05) is 0 Å². The van der Waals surface area contributed by atoms with Crippen LogP contribution >= 0.6 is 0 Å². The summed E-state index contributed by atoms with van der Waals surface area (Å²) in [4.78, 5) is 0. The lowest BCUT2D eigenvalue weighted by atomic mass is 10.2. The first-order valence-corrected chi connectivity index (χ1v) is 3.50. The Hall–Kier alpha value is -2.20. The number of aryl methyl sites for hydroxylation is 1. The van der Waals surface area contributed by atoms with Gasteiger partial charge in [0.05, 0.1) is 0 Å². The predicted octanol–water partition coefficient (Wildman–Crippen LogP) is 1.71. The van der Waals surface area contributed by atoms with Crippen LogP contribution in [0.2, 0.25) is 0 Å². The maximum absolute atomic E-state index is 8.26. The molecule has 0 radical (unpaired) electrons. The molecule has 0 saturated carbocycles. The van der Waals surface area contributed by atoms with Gasteiger partial charge in [-0.05, 0) is 30.7 Å². The molecule has 1 aromatic carbocycles. The number of nitriles is 2. The van der Waals surface area contributed by atoms with E-state index >= 15 is 0 Å². The summed E-state index contributed by atoms with van der Waals surface area (Å²) in [5, 5.41) is 16.5. The Balaban J connectivity index is 2.94. The van der Waals surface area contributed by atoms with E-state index in [4.69, 9.17) is 10.5 Å². The van der Waals surface area contributed by atoms with Crippen LogP contribution in [-0.2, 0) is 0 Å². The van der Waals surface area contributed by atoms with Crippen molar-refractivity contribution in [3.63, 3.8) is 0 Å². The molecule has 4 heteroatoms. The highest BCUT2D eigenvalue weighted by Gasteiger charge is 2.01. The number of hydrogen-bond acceptors (Lipinski definition) is 4. The minimum atomic E-state index is 0.435. The minimum Gasteiger partial charge on any atom is -0.388 e. The summed E-state index contributed by atoms with van der Waals surface area (Å²) in [5.41, 5.74) is 0.745. The largest absolute Gasteiger partial charge is 0.388 e. The van der Waals surface area contributed by atoms with Gasteiger partial charge in [0.15, 0.2) is 0 Å². The molecule has 4 nitrogen and oxygen atoms in total. The first-order chi connectivity index (χ1) is 6.27. The third-order valence-corrected chi connectivity index (χ3v) is 1.47. The van der Waals surface area contributed by atoms with Crippen molar-refractivity contribution in [2.24, 2.45) is 0 Å². The summed E-state index contributed by atoms with van der Waals surface area (Å²) >= 11 is 0. The molecule has 0 aromatic heterocycles. The molecule has 0 amide bonds. The summed E-state index contributed by atoms with van der Waals surface area (Å²) in [6.45, 7) is 1.76. The van der Waals surface area contributed by atoms with Gasteiger partial charge in [0.2, 0.25) is 0 Å². The Morgan fingerprint density at radius 3 is 2.38 bits per heavy atom. The molecule has 0 N–H and O–H groups in total. The molecule has 0 fully saturated rings. The van der Waals surface area contributed by atoms with Crippen LogP contribution in [0.1, 0.15) is 5.56 Å². The molecule has 13 heavy (non-hydrogen) atoms. The van der Waals surface area contributed by atoms with Gasteiger partial charge in [0.25, 0.3) is 12.5 Å². The van der Waals surface area contributed by atoms with Gasteiger partial charge in [-0.3, -0.25) is 0 Å². The Morgan fingerprint density at radius 2 is 1.85 bits per heavy atom. The smallest absolute Gasteiger partial charge is 0.292 e. The lowest BCUT2D eigenvalue weighted by Crippen LogP contribution is -1.88. The van der Waals surface area contributed by atoms with E-state index in [9.17, 15) is 0 Å². The summed E-state index contributed by atoms with van der Waals surface area (Å²) in [5.74, 6) is 0.901. The molecule has 0 aliphatic rings. The molecule has 0 aliphatic carbocycles. The summed E-state index contributed by atoms with van der Waals surface area (Å²) in [7, 11) is 0. The number of rotatable bonds is 2. The van der Waals surface area contributed by atoms with Crippen LogP contribution in [0.15, 0.2) is 18.2 Å². The van der Waals surface area contributed by atoms with Crippen LogP contribution in [0.3, 0.4) is 0 Å². The van der Waals surface area contributed by atoms with Gasteiger partial charge in [0.1, 0.15) is 11.5 Å². The van der Waals surface area contributed by atoms with E-state index in [0.29, 0.717) is 11.5 Å². The van der Waals surface area contributed by atoms with E-state index in [1.165, 1.54) is 0 Å². The first-order valence-electron chi connectivity index (χ1n) is 3.50. The highest BCUT2D eigenvalue weighted by Crippen LogP contribution is 2.22. The molecular weight excluding hydrogens is 168 g/mol. The molecule has 0 saturated heterocycles. The van der Waals surface area contributed by atoms with Gasteiger partial charge in [-0.2, -0.15) is 0 Å². The second-order valence-electron chi connectivity index (χ2n) is 2.31. The zero-order valence-corrected chi connectivity index (χ0v) is 6.94. The molecule has 0 aliphatic heterocycles. The molecule has 0 bridgehead atoms. The first kappa shape index (κ1) is 8.89. The lowest BCUT2D eigenvalue weighted by molar-refractivity contribution is 0.489. The van der Waals surface area contributed by atoms with Crippen LogP contribution in [0.25, 0.3) is 0 Å². The van der Waals surface area contributed by atoms with Crippen molar-refractivity contribution in [3.8, 4) is 24.0 Å². The molecule has 64 valence electrons. The third kappa shape index (κ3) is 2.11. The van der Waals surface area contributed by atoms with E-state index in [0.717, 1.165) is 5.56 Å². The number of ether oxygens (including phenoxy) is 2.